The molecule has 1 aliphatic rings. The van der Waals surface area contributed by atoms with Gasteiger partial charge >= 0.3 is 0 Å². The highest BCUT2D eigenvalue weighted by Crippen LogP contribution is 2.33. The number of fused-ring (bicyclic) bond motifs is 1. The second-order valence-electron chi connectivity index (χ2n) is 6.22. The Kier molecular flexibility index (Phi) is 4.71. The van der Waals surface area contributed by atoms with E-state index in [-0.39, 0.29) is 12.7 Å². The van der Waals surface area contributed by atoms with Crippen molar-refractivity contribution < 1.29 is 14.3 Å². The number of hydrogen-bond acceptors (Lipinski definition) is 4. The van der Waals surface area contributed by atoms with Gasteiger partial charge in [-0.15, -0.1) is 0 Å². The SMILES string of the molecule is CC(CCc1ccc2c(c1)OCO2)(NCc1ccccc1)C(N)=O. The van der Waals surface area contributed by atoms with Crippen LogP contribution < -0.4 is 20.5 Å². The second-order valence-corrected chi connectivity index (χ2v) is 6.22. The van der Waals surface area contributed by atoms with E-state index < -0.39 is 5.54 Å². The quantitative estimate of drug-likeness (QED) is 0.819. The topological polar surface area (TPSA) is 73.6 Å². The van der Waals surface area contributed by atoms with Crippen LogP contribution in [0.5, 0.6) is 11.5 Å². The number of rotatable bonds is 7. The zero-order valence-electron chi connectivity index (χ0n) is 13.7. The zero-order chi connectivity index (χ0) is 17.0. The maximum atomic E-state index is 12.0. The third kappa shape index (κ3) is 3.68. The third-order valence-corrected chi connectivity index (χ3v) is 4.42. The van der Waals surface area contributed by atoms with E-state index in [1.807, 2.05) is 55.5 Å². The van der Waals surface area contributed by atoms with Crippen LogP contribution in [0, 0.1) is 0 Å². The fraction of sp³-hybridized carbons (Fsp3) is 0.316. The maximum Gasteiger partial charge on any atom is 0.237 e. The molecule has 5 heteroatoms. The summed E-state index contributed by atoms with van der Waals surface area (Å²) in [5, 5.41) is 3.30. The summed E-state index contributed by atoms with van der Waals surface area (Å²) in [6, 6.07) is 15.8. The Labute approximate surface area is 141 Å². The smallest absolute Gasteiger partial charge is 0.237 e. The van der Waals surface area contributed by atoms with E-state index in [9.17, 15) is 4.79 Å². The largest absolute Gasteiger partial charge is 0.454 e. The summed E-state index contributed by atoms with van der Waals surface area (Å²) in [5.74, 6) is 1.17. The van der Waals surface area contributed by atoms with Crippen LogP contribution in [-0.4, -0.2) is 18.2 Å². The van der Waals surface area contributed by atoms with Gasteiger partial charge in [0.25, 0.3) is 0 Å². The molecule has 1 heterocycles. The van der Waals surface area contributed by atoms with Crippen molar-refractivity contribution in [3.05, 3.63) is 59.7 Å². The molecule has 3 rings (SSSR count). The van der Waals surface area contributed by atoms with Crippen molar-refractivity contribution in [2.24, 2.45) is 5.73 Å². The van der Waals surface area contributed by atoms with Crippen molar-refractivity contribution in [2.45, 2.75) is 31.8 Å². The number of carbonyl (C=O) groups is 1. The Bertz CT molecular complexity index is 718. The minimum atomic E-state index is -0.772. The molecule has 0 bridgehead atoms. The van der Waals surface area contributed by atoms with E-state index in [1.165, 1.54) is 0 Å². The van der Waals surface area contributed by atoms with Crippen molar-refractivity contribution in [3.8, 4) is 11.5 Å². The molecule has 1 unspecified atom stereocenters. The molecule has 5 nitrogen and oxygen atoms in total. The van der Waals surface area contributed by atoms with E-state index in [0.29, 0.717) is 13.0 Å². The predicted octanol–water partition coefficient (Wildman–Crippen LogP) is 2.38. The Morgan fingerprint density at radius 3 is 2.62 bits per heavy atom. The molecule has 3 N–H and O–H groups in total. The molecule has 0 aromatic heterocycles. The summed E-state index contributed by atoms with van der Waals surface area (Å²) in [4.78, 5) is 12.0. The van der Waals surface area contributed by atoms with Gasteiger partial charge in [0.2, 0.25) is 12.7 Å². The van der Waals surface area contributed by atoms with E-state index in [1.54, 1.807) is 0 Å². The van der Waals surface area contributed by atoms with Crippen LogP contribution in [0.2, 0.25) is 0 Å². The molecule has 2 aromatic carbocycles. The van der Waals surface area contributed by atoms with Crippen molar-refractivity contribution >= 4 is 5.91 Å². The van der Waals surface area contributed by atoms with Crippen molar-refractivity contribution in [1.82, 2.24) is 5.32 Å². The Morgan fingerprint density at radius 2 is 1.88 bits per heavy atom. The van der Waals surface area contributed by atoms with E-state index in [0.717, 1.165) is 29.0 Å². The summed E-state index contributed by atoms with van der Waals surface area (Å²) in [5.41, 5.74) is 7.08. The van der Waals surface area contributed by atoms with Gasteiger partial charge < -0.3 is 15.2 Å². The van der Waals surface area contributed by atoms with E-state index in [4.69, 9.17) is 15.2 Å². The summed E-state index contributed by atoms with van der Waals surface area (Å²) < 4.78 is 10.7. The Morgan fingerprint density at radius 1 is 1.12 bits per heavy atom. The number of hydrogen-bond donors (Lipinski definition) is 2. The molecule has 2 aromatic rings. The number of amides is 1. The number of nitrogens with one attached hydrogen (secondary N) is 1. The maximum absolute atomic E-state index is 12.0. The molecule has 1 amide bonds. The molecule has 1 atom stereocenters. The molecule has 0 saturated heterocycles. The minimum absolute atomic E-state index is 0.260. The lowest BCUT2D eigenvalue weighted by atomic mass is 9.92. The Hall–Kier alpha value is -2.53. The lowest BCUT2D eigenvalue weighted by Gasteiger charge is -2.28. The highest BCUT2D eigenvalue weighted by Gasteiger charge is 2.30. The highest BCUT2D eigenvalue weighted by molar-refractivity contribution is 5.84. The van der Waals surface area contributed by atoms with Gasteiger partial charge in [0.05, 0.1) is 5.54 Å². The molecule has 126 valence electrons. The second kappa shape index (κ2) is 6.93. The average Bonchev–Trinajstić information content (AvgIpc) is 3.06. The normalized spacial score (nSPS) is 15.0. The lowest BCUT2D eigenvalue weighted by molar-refractivity contribution is -0.124. The van der Waals surface area contributed by atoms with Crippen LogP contribution in [0.3, 0.4) is 0 Å². The molecule has 0 radical (unpaired) electrons. The number of nitrogens with two attached hydrogens (primary N) is 1. The predicted molar refractivity (Wildman–Crippen MR) is 91.8 cm³/mol. The van der Waals surface area contributed by atoms with Gasteiger partial charge in [-0.25, -0.2) is 0 Å². The number of primary amides is 1. The van der Waals surface area contributed by atoms with Gasteiger partial charge in [-0.3, -0.25) is 10.1 Å². The van der Waals surface area contributed by atoms with Crippen LogP contribution in [0.15, 0.2) is 48.5 Å². The summed E-state index contributed by atoms with van der Waals surface area (Å²) in [7, 11) is 0. The highest BCUT2D eigenvalue weighted by atomic mass is 16.7. The molecule has 0 fully saturated rings. The van der Waals surface area contributed by atoms with Gasteiger partial charge in [-0.05, 0) is 43.0 Å². The number of ether oxygens (including phenoxy) is 2. The van der Waals surface area contributed by atoms with Crippen molar-refractivity contribution in [1.29, 1.82) is 0 Å². The zero-order valence-corrected chi connectivity index (χ0v) is 13.7. The van der Waals surface area contributed by atoms with Gasteiger partial charge in [0.15, 0.2) is 11.5 Å². The Balaban J connectivity index is 1.63. The molecule has 0 aliphatic carbocycles. The molecule has 1 aliphatic heterocycles. The minimum Gasteiger partial charge on any atom is -0.454 e. The lowest BCUT2D eigenvalue weighted by Crippen LogP contribution is -2.53. The molecule has 0 spiro atoms. The van der Waals surface area contributed by atoms with Gasteiger partial charge in [-0.2, -0.15) is 0 Å². The summed E-state index contributed by atoms with van der Waals surface area (Å²) in [6.07, 6.45) is 1.33. The van der Waals surface area contributed by atoms with E-state index in [2.05, 4.69) is 5.32 Å². The van der Waals surface area contributed by atoms with E-state index >= 15 is 0 Å². The fourth-order valence-electron chi connectivity index (χ4n) is 2.68. The van der Waals surface area contributed by atoms with Crippen LogP contribution in [-0.2, 0) is 17.8 Å². The van der Waals surface area contributed by atoms with Gasteiger partial charge in [0, 0.05) is 6.54 Å². The molecule has 24 heavy (non-hydrogen) atoms. The standard InChI is InChI=1S/C19H22N2O3/c1-19(18(20)22,21-12-15-5-3-2-4-6-15)10-9-14-7-8-16-17(11-14)24-13-23-16/h2-8,11,21H,9-10,12-13H2,1H3,(H2,20,22). The number of benzene rings is 2. The molecular weight excluding hydrogens is 304 g/mol. The van der Waals surface area contributed by atoms with Crippen molar-refractivity contribution in [3.63, 3.8) is 0 Å². The van der Waals surface area contributed by atoms with Crippen LogP contribution in [0.25, 0.3) is 0 Å². The molecular formula is C19H22N2O3. The van der Waals surface area contributed by atoms with Crippen molar-refractivity contribution in [2.75, 3.05) is 6.79 Å². The first-order chi connectivity index (χ1) is 11.6. The summed E-state index contributed by atoms with van der Waals surface area (Å²) >= 11 is 0. The monoisotopic (exact) mass is 326 g/mol. The number of aryl methyl sites for hydroxylation is 1. The number of carbonyl (C=O) groups excluding carboxylic acids is 1. The summed E-state index contributed by atoms with van der Waals surface area (Å²) in [6.45, 7) is 2.71. The van der Waals surface area contributed by atoms with Crippen LogP contribution in [0.4, 0.5) is 0 Å². The van der Waals surface area contributed by atoms with Crippen LogP contribution in [0.1, 0.15) is 24.5 Å². The molecule has 0 saturated carbocycles. The fourth-order valence-corrected chi connectivity index (χ4v) is 2.68. The first kappa shape index (κ1) is 16.3. The van der Waals surface area contributed by atoms with Gasteiger partial charge in [0.1, 0.15) is 0 Å². The average molecular weight is 326 g/mol. The van der Waals surface area contributed by atoms with Crippen LogP contribution >= 0.6 is 0 Å². The van der Waals surface area contributed by atoms with Gasteiger partial charge in [-0.1, -0.05) is 36.4 Å². The first-order valence-electron chi connectivity index (χ1n) is 8.04. The third-order valence-electron chi connectivity index (χ3n) is 4.42. The first-order valence-corrected chi connectivity index (χ1v) is 8.04.